The molecule has 0 N–H and O–H groups in total. The molecule has 0 fully saturated rings. The first-order chi connectivity index (χ1) is 12.9. The van der Waals surface area contributed by atoms with Crippen LogP contribution in [0, 0.1) is 23.0 Å². The number of carbonyl (C=O) groups excluding carboxylic acids is 2. The number of nitrogens with zero attached hydrogens (tertiary/aromatic N) is 1. The normalized spacial score (nSPS) is 10.6. The van der Waals surface area contributed by atoms with E-state index in [0.29, 0.717) is 11.1 Å². The van der Waals surface area contributed by atoms with Gasteiger partial charge in [-0.25, -0.2) is 8.78 Å². The van der Waals surface area contributed by atoms with Crippen LogP contribution in [0.15, 0.2) is 48.5 Å². The van der Waals surface area contributed by atoms with E-state index >= 15 is 0 Å². The van der Waals surface area contributed by atoms with E-state index in [9.17, 15) is 18.4 Å². The Balaban J connectivity index is 0. The van der Waals surface area contributed by atoms with Gasteiger partial charge < -0.3 is 0 Å². The first-order valence-electron chi connectivity index (χ1n) is 8.18. The number of alkyl halides is 2. The predicted octanol–water partition coefficient (Wildman–Crippen LogP) is 7.14. The van der Waals surface area contributed by atoms with Crippen molar-refractivity contribution >= 4 is 43.4 Å². The third-order valence-corrected chi connectivity index (χ3v) is 3.91. The third kappa shape index (κ3) is 11.6. The summed E-state index contributed by atoms with van der Waals surface area (Å²) in [5.41, 5.74) is 1.05. The molecule has 0 radical (unpaired) electrons. The van der Waals surface area contributed by atoms with Crippen molar-refractivity contribution in [3.8, 4) is 6.07 Å². The summed E-state index contributed by atoms with van der Waals surface area (Å²) >= 11 is 6.41. The fourth-order valence-corrected chi connectivity index (χ4v) is 2.28. The van der Waals surface area contributed by atoms with Crippen LogP contribution in [0.2, 0.25) is 0 Å². The number of hydrogen-bond acceptors (Lipinski definition) is 3. The SMILES string of the molecule is C.CC#N.CC(Br)C(=O)c1ccc(F)cc1.CC(C)(Br)C(=O)c1ccc(F)cc1. The number of Topliss-reactive ketones (excluding diaryl/α,β-unsaturated/α-hetero) is 2. The minimum absolute atomic E-state index is 0. The van der Waals surface area contributed by atoms with Gasteiger partial charge in [-0.05, 0) is 69.3 Å². The van der Waals surface area contributed by atoms with Gasteiger partial charge in [0.1, 0.15) is 11.6 Å². The minimum atomic E-state index is -0.592. The van der Waals surface area contributed by atoms with Gasteiger partial charge in [0, 0.05) is 18.1 Å². The molecule has 1 unspecified atom stereocenters. The van der Waals surface area contributed by atoms with Gasteiger partial charge in [-0.15, -0.1) is 0 Å². The molecule has 0 aliphatic heterocycles. The smallest absolute Gasteiger partial charge is 0.178 e. The molecule has 2 aromatic rings. The molecule has 29 heavy (non-hydrogen) atoms. The van der Waals surface area contributed by atoms with E-state index in [1.807, 2.05) is 0 Å². The number of nitriles is 1. The van der Waals surface area contributed by atoms with Crippen LogP contribution < -0.4 is 0 Å². The van der Waals surface area contributed by atoms with Gasteiger partial charge in [-0.2, -0.15) is 5.26 Å². The Hall–Kier alpha value is -1.91. The molecule has 0 spiro atoms. The lowest BCUT2D eigenvalue weighted by molar-refractivity contribution is 0.0959. The molecular formula is C22H25Br2F2NO2. The van der Waals surface area contributed by atoms with Crippen LogP contribution in [0.4, 0.5) is 8.78 Å². The maximum absolute atomic E-state index is 12.5. The van der Waals surface area contributed by atoms with Crippen molar-refractivity contribution in [3.63, 3.8) is 0 Å². The molecule has 0 aliphatic rings. The molecule has 2 aromatic carbocycles. The number of hydrogen-bond donors (Lipinski definition) is 0. The largest absolute Gasteiger partial charge is 0.293 e. The Morgan fingerprint density at radius 1 is 0.966 bits per heavy atom. The Labute approximate surface area is 188 Å². The quantitative estimate of drug-likeness (QED) is 0.310. The molecule has 7 heteroatoms. The molecule has 1 atom stereocenters. The molecule has 3 nitrogen and oxygen atoms in total. The van der Waals surface area contributed by atoms with Crippen LogP contribution in [0.25, 0.3) is 0 Å². The highest BCUT2D eigenvalue weighted by atomic mass is 79.9. The lowest BCUT2D eigenvalue weighted by atomic mass is 10.0. The van der Waals surface area contributed by atoms with Gasteiger partial charge in [-0.3, -0.25) is 9.59 Å². The number of ketones is 2. The average Bonchev–Trinajstić information content (AvgIpc) is 2.62. The van der Waals surface area contributed by atoms with Crippen LogP contribution in [0.1, 0.15) is 55.8 Å². The number of carbonyl (C=O) groups is 2. The van der Waals surface area contributed by atoms with Gasteiger partial charge in [0.05, 0.1) is 15.2 Å². The minimum Gasteiger partial charge on any atom is -0.293 e. The van der Waals surface area contributed by atoms with Gasteiger partial charge in [0.15, 0.2) is 11.6 Å². The molecule has 0 bridgehead atoms. The molecule has 0 saturated carbocycles. The number of rotatable bonds is 4. The predicted molar refractivity (Wildman–Crippen MR) is 121 cm³/mol. The van der Waals surface area contributed by atoms with Crippen molar-refractivity contribution in [1.82, 2.24) is 0 Å². The Bertz CT molecular complexity index is 807. The van der Waals surface area contributed by atoms with E-state index in [1.165, 1.54) is 55.5 Å². The summed E-state index contributed by atoms with van der Waals surface area (Å²) in [7, 11) is 0. The van der Waals surface area contributed by atoms with E-state index in [2.05, 4.69) is 31.9 Å². The zero-order valence-corrected chi connectivity index (χ0v) is 19.1. The van der Waals surface area contributed by atoms with Crippen LogP contribution >= 0.6 is 31.9 Å². The Kier molecular flexibility index (Phi) is 14.3. The molecule has 0 amide bonds. The van der Waals surface area contributed by atoms with Gasteiger partial charge >= 0.3 is 0 Å². The second-order valence-corrected chi connectivity index (χ2v) is 9.38. The van der Waals surface area contributed by atoms with Crippen LogP contribution in [-0.4, -0.2) is 20.7 Å². The molecule has 2 rings (SSSR count). The van der Waals surface area contributed by atoms with Crippen molar-refractivity contribution in [1.29, 1.82) is 5.26 Å². The summed E-state index contributed by atoms with van der Waals surface area (Å²) in [6.45, 7) is 6.70. The fraction of sp³-hybridized carbons (Fsp3) is 0.318. The fourth-order valence-electron chi connectivity index (χ4n) is 1.79. The summed E-state index contributed by atoms with van der Waals surface area (Å²) in [6.07, 6.45) is 0. The highest BCUT2D eigenvalue weighted by molar-refractivity contribution is 9.10. The molecule has 158 valence electrons. The monoisotopic (exact) mass is 531 g/mol. The van der Waals surface area contributed by atoms with Crippen molar-refractivity contribution in [2.75, 3.05) is 0 Å². The van der Waals surface area contributed by atoms with Crippen molar-refractivity contribution in [3.05, 3.63) is 71.3 Å². The maximum atomic E-state index is 12.5. The second-order valence-electron chi connectivity index (χ2n) is 6.02. The molecule has 0 heterocycles. The summed E-state index contributed by atoms with van der Waals surface area (Å²) < 4.78 is 24.4. The lowest BCUT2D eigenvalue weighted by Crippen LogP contribution is -2.23. The van der Waals surface area contributed by atoms with Gasteiger partial charge in [0.25, 0.3) is 0 Å². The zero-order chi connectivity index (χ0) is 21.9. The third-order valence-electron chi connectivity index (χ3n) is 3.14. The Morgan fingerprint density at radius 2 is 1.28 bits per heavy atom. The number of halogens is 4. The van der Waals surface area contributed by atoms with Crippen LogP contribution in [0.3, 0.4) is 0 Å². The second kappa shape index (κ2) is 14.1. The van der Waals surface area contributed by atoms with Gasteiger partial charge in [0.2, 0.25) is 0 Å². The first kappa shape index (κ1) is 29.3. The van der Waals surface area contributed by atoms with E-state index in [4.69, 9.17) is 5.26 Å². The standard InChI is InChI=1S/C10H10BrFO.C9H8BrFO.C2H3N.CH4/c1-10(2,11)9(13)7-3-5-8(12)6-4-7;1-6(10)9(12)7-2-4-8(11)5-3-7;1-2-3;/h3-6H,1-2H3;2-6H,1H3;1H3;1H4. The summed E-state index contributed by atoms with van der Waals surface area (Å²) in [6, 6.07) is 12.8. The van der Waals surface area contributed by atoms with Crippen molar-refractivity contribution in [2.24, 2.45) is 0 Å². The summed E-state index contributed by atoms with van der Waals surface area (Å²) in [4.78, 5) is 22.7. The number of benzene rings is 2. The summed E-state index contributed by atoms with van der Waals surface area (Å²) in [5.74, 6) is -0.736. The lowest BCUT2D eigenvalue weighted by Gasteiger charge is -2.13. The molecule has 0 aromatic heterocycles. The van der Waals surface area contributed by atoms with Crippen LogP contribution in [-0.2, 0) is 0 Å². The maximum Gasteiger partial charge on any atom is 0.178 e. The Morgan fingerprint density at radius 3 is 1.55 bits per heavy atom. The molecule has 0 aliphatic carbocycles. The average molecular weight is 533 g/mol. The van der Waals surface area contributed by atoms with Crippen molar-refractivity contribution < 1.29 is 18.4 Å². The van der Waals surface area contributed by atoms with Crippen LogP contribution in [0.5, 0.6) is 0 Å². The van der Waals surface area contributed by atoms with E-state index < -0.39 is 4.32 Å². The molecular weight excluding hydrogens is 508 g/mol. The van der Waals surface area contributed by atoms with Gasteiger partial charge in [-0.1, -0.05) is 39.3 Å². The van der Waals surface area contributed by atoms with E-state index in [0.717, 1.165) is 0 Å². The first-order valence-corrected chi connectivity index (χ1v) is 9.88. The highest BCUT2D eigenvalue weighted by Crippen LogP contribution is 2.22. The molecule has 0 saturated heterocycles. The summed E-state index contributed by atoms with van der Waals surface area (Å²) in [5, 5.41) is 7.32. The zero-order valence-electron chi connectivity index (χ0n) is 16.0. The van der Waals surface area contributed by atoms with Crippen molar-refractivity contribution in [2.45, 2.75) is 44.3 Å². The van der Waals surface area contributed by atoms with E-state index in [-0.39, 0.29) is 35.5 Å². The van der Waals surface area contributed by atoms with E-state index in [1.54, 1.807) is 26.8 Å². The topological polar surface area (TPSA) is 57.9 Å². The highest BCUT2D eigenvalue weighted by Gasteiger charge is 2.24.